The lowest BCUT2D eigenvalue weighted by Crippen LogP contribution is -2.11. The highest BCUT2D eigenvalue weighted by molar-refractivity contribution is 5.64. The Morgan fingerprint density at radius 1 is 1.33 bits per heavy atom. The molecule has 0 fully saturated rings. The molecule has 0 spiro atoms. The minimum Gasteiger partial charge on any atom is -0.319 e. The largest absolute Gasteiger partial charge is 0.319 e. The van der Waals surface area contributed by atoms with Crippen LogP contribution in [-0.2, 0) is 6.42 Å². The predicted molar refractivity (Wildman–Crippen MR) is 59.4 cm³/mol. The Bertz CT molecular complexity index is 408. The van der Waals surface area contributed by atoms with E-state index in [1.54, 1.807) is 12.4 Å². The van der Waals surface area contributed by atoms with Crippen molar-refractivity contribution in [2.45, 2.75) is 6.42 Å². The third kappa shape index (κ3) is 2.22. The molecule has 2 aromatic rings. The number of hydrogen-bond acceptors (Lipinski definition) is 3. The Hall–Kier alpha value is -1.68. The zero-order valence-corrected chi connectivity index (χ0v) is 8.70. The molecule has 0 radical (unpaired) electrons. The van der Waals surface area contributed by atoms with Crippen LogP contribution in [0.3, 0.4) is 0 Å². The minimum atomic E-state index is 0.945. The molecule has 0 aliphatic carbocycles. The van der Waals surface area contributed by atoms with E-state index in [4.69, 9.17) is 0 Å². The smallest absolute Gasteiger partial charge is 0.0568 e. The normalized spacial score (nSPS) is 10.5. The lowest BCUT2D eigenvalue weighted by atomic mass is 10.1. The number of aromatic amines is 1. The number of pyridine rings is 1. The van der Waals surface area contributed by atoms with Gasteiger partial charge >= 0.3 is 0 Å². The minimum absolute atomic E-state index is 0.945. The zero-order chi connectivity index (χ0) is 10.5. The highest BCUT2D eigenvalue weighted by Gasteiger charge is 2.06. The predicted octanol–water partition coefficient (Wildman–Crippen LogP) is 1.23. The van der Waals surface area contributed by atoms with Crippen LogP contribution in [-0.4, -0.2) is 28.8 Å². The number of hydrogen-bond donors (Lipinski definition) is 2. The van der Waals surface area contributed by atoms with Gasteiger partial charge in [0.15, 0.2) is 0 Å². The van der Waals surface area contributed by atoms with Gasteiger partial charge in [0.2, 0.25) is 0 Å². The second-order valence-corrected chi connectivity index (χ2v) is 3.35. The first-order valence-corrected chi connectivity index (χ1v) is 4.99. The van der Waals surface area contributed by atoms with Crippen molar-refractivity contribution in [1.29, 1.82) is 0 Å². The summed E-state index contributed by atoms with van der Waals surface area (Å²) in [5.74, 6) is 0. The number of nitrogens with zero attached hydrogens (tertiary/aromatic N) is 2. The van der Waals surface area contributed by atoms with Gasteiger partial charge in [0, 0.05) is 36.6 Å². The number of aromatic nitrogens is 3. The molecule has 0 bridgehead atoms. The van der Waals surface area contributed by atoms with Gasteiger partial charge in [0.05, 0.1) is 6.20 Å². The van der Waals surface area contributed by atoms with Gasteiger partial charge < -0.3 is 5.32 Å². The highest BCUT2D eigenvalue weighted by Crippen LogP contribution is 2.20. The van der Waals surface area contributed by atoms with Crippen LogP contribution in [0.2, 0.25) is 0 Å². The molecule has 4 nitrogen and oxygen atoms in total. The Labute approximate surface area is 88.8 Å². The lowest BCUT2D eigenvalue weighted by Gasteiger charge is -2.02. The molecule has 2 aromatic heterocycles. The van der Waals surface area contributed by atoms with Crippen molar-refractivity contribution in [1.82, 2.24) is 20.5 Å². The summed E-state index contributed by atoms with van der Waals surface area (Å²) in [4.78, 5) is 4.00. The molecule has 0 saturated heterocycles. The highest BCUT2D eigenvalue weighted by atomic mass is 15.1. The van der Waals surface area contributed by atoms with Crippen LogP contribution in [0.15, 0.2) is 30.7 Å². The van der Waals surface area contributed by atoms with Crippen molar-refractivity contribution in [3.05, 3.63) is 36.4 Å². The van der Waals surface area contributed by atoms with Crippen LogP contribution in [0.4, 0.5) is 0 Å². The molecule has 0 atom stereocenters. The van der Waals surface area contributed by atoms with E-state index in [0.29, 0.717) is 0 Å². The molecule has 2 rings (SSSR count). The molecule has 15 heavy (non-hydrogen) atoms. The van der Waals surface area contributed by atoms with Gasteiger partial charge in [0.25, 0.3) is 0 Å². The molecule has 0 aliphatic rings. The fourth-order valence-corrected chi connectivity index (χ4v) is 1.53. The third-order valence-electron chi connectivity index (χ3n) is 2.33. The summed E-state index contributed by atoms with van der Waals surface area (Å²) < 4.78 is 0. The Morgan fingerprint density at radius 2 is 2.13 bits per heavy atom. The molecule has 0 aromatic carbocycles. The molecule has 4 heteroatoms. The fraction of sp³-hybridized carbons (Fsp3) is 0.273. The van der Waals surface area contributed by atoms with Crippen molar-refractivity contribution in [3.8, 4) is 11.1 Å². The number of rotatable bonds is 4. The number of H-pyrrole nitrogens is 1. The average molecular weight is 202 g/mol. The summed E-state index contributed by atoms with van der Waals surface area (Å²) >= 11 is 0. The fourth-order valence-electron chi connectivity index (χ4n) is 1.53. The van der Waals surface area contributed by atoms with E-state index in [0.717, 1.165) is 29.8 Å². The second-order valence-electron chi connectivity index (χ2n) is 3.35. The maximum Gasteiger partial charge on any atom is 0.0568 e. The maximum atomic E-state index is 4.08. The second kappa shape index (κ2) is 4.70. The van der Waals surface area contributed by atoms with Gasteiger partial charge in [-0.25, -0.2) is 0 Å². The third-order valence-corrected chi connectivity index (χ3v) is 2.33. The summed E-state index contributed by atoms with van der Waals surface area (Å²) in [6.07, 6.45) is 6.41. The number of likely N-dealkylation sites (N-methyl/N-ethyl adjacent to an activating group) is 1. The van der Waals surface area contributed by atoms with Crippen molar-refractivity contribution >= 4 is 0 Å². The molecule has 78 valence electrons. The zero-order valence-electron chi connectivity index (χ0n) is 8.70. The maximum absolute atomic E-state index is 4.08. The van der Waals surface area contributed by atoms with Gasteiger partial charge in [-0.2, -0.15) is 5.10 Å². The quantitative estimate of drug-likeness (QED) is 0.784. The van der Waals surface area contributed by atoms with Crippen LogP contribution >= 0.6 is 0 Å². The van der Waals surface area contributed by atoms with E-state index in [9.17, 15) is 0 Å². The van der Waals surface area contributed by atoms with Crippen LogP contribution in [0.1, 0.15) is 5.69 Å². The van der Waals surface area contributed by atoms with Crippen molar-refractivity contribution in [2.24, 2.45) is 0 Å². The van der Waals surface area contributed by atoms with Gasteiger partial charge in [-0.1, -0.05) is 0 Å². The first kappa shape index (κ1) is 9.86. The van der Waals surface area contributed by atoms with E-state index in [-0.39, 0.29) is 0 Å². The first-order chi connectivity index (χ1) is 7.42. The summed E-state index contributed by atoms with van der Waals surface area (Å²) in [6, 6.07) is 3.99. The van der Waals surface area contributed by atoms with Gasteiger partial charge in [-0.15, -0.1) is 0 Å². The molecular weight excluding hydrogens is 188 g/mol. The van der Waals surface area contributed by atoms with Crippen molar-refractivity contribution in [2.75, 3.05) is 13.6 Å². The monoisotopic (exact) mass is 202 g/mol. The van der Waals surface area contributed by atoms with Crippen LogP contribution in [0.25, 0.3) is 11.1 Å². The topological polar surface area (TPSA) is 53.6 Å². The first-order valence-electron chi connectivity index (χ1n) is 4.99. The molecule has 0 amide bonds. The molecule has 0 saturated carbocycles. The average Bonchev–Trinajstić information content (AvgIpc) is 2.75. The summed E-state index contributed by atoms with van der Waals surface area (Å²) in [6.45, 7) is 0.945. The SMILES string of the molecule is CNCCc1[nH]ncc1-c1ccncc1. The molecular formula is C11H14N4. The van der Waals surface area contributed by atoms with E-state index in [2.05, 4.69) is 20.5 Å². The Morgan fingerprint density at radius 3 is 2.87 bits per heavy atom. The van der Waals surface area contributed by atoms with Crippen molar-refractivity contribution in [3.63, 3.8) is 0 Å². The van der Waals surface area contributed by atoms with E-state index in [1.807, 2.05) is 25.4 Å². The van der Waals surface area contributed by atoms with Gasteiger partial charge in [-0.3, -0.25) is 10.1 Å². The summed E-state index contributed by atoms with van der Waals surface area (Å²) in [7, 11) is 1.95. The van der Waals surface area contributed by atoms with Gasteiger partial charge in [-0.05, 0) is 24.7 Å². The summed E-state index contributed by atoms with van der Waals surface area (Å²) in [5, 5.41) is 10.2. The molecule has 2 heterocycles. The Balaban J connectivity index is 2.25. The standard InChI is InChI=1S/C11H14N4/c1-12-5-4-11-10(8-14-15-11)9-2-6-13-7-3-9/h2-3,6-8,12H,4-5H2,1H3,(H,14,15). The van der Waals surface area contributed by atoms with E-state index >= 15 is 0 Å². The lowest BCUT2D eigenvalue weighted by molar-refractivity contribution is 0.773. The summed E-state index contributed by atoms with van der Waals surface area (Å²) in [5.41, 5.74) is 3.48. The molecule has 2 N–H and O–H groups in total. The van der Waals surface area contributed by atoms with E-state index < -0.39 is 0 Å². The van der Waals surface area contributed by atoms with Crippen LogP contribution in [0, 0.1) is 0 Å². The Kier molecular flexibility index (Phi) is 3.09. The molecule has 0 unspecified atom stereocenters. The van der Waals surface area contributed by atoms with Crippen LogP contribution < -0.4 is 5.32 Å². The van der Waals surface area contributed by atoms with Gasteiger partial charge in [0.1, 0.15) is 0 Å². The van der Waals surface area contributed by atoms with E-state index in [1.165, 1.54) is 0 Å². The number of nitrogens with one attached hydrogen (secondary N) is 2. The van der Waals surface area contributed by atoms with Crippen LogP contribution in [0.5, 0.6) is 0 Å². The van der Waals surface area contributed by atoms with Crippen molar-refractivity contribution < 1.29 is 0 Å². The molecule has 0 aliphatic heterocycles.